The normalized spacial score (nSPS) is 10.8. The molecule has 0 aromatic carbocycles. The maximum absolute atomic E-state index is 11.7. The number of alkyl halides is 2. The first-order valence-corrected chi connectivity index (χ1v) is 5.99. The van der Waals surface area contributed by atoms with Crippen molar-refractivity contribution in [2.75, 3.05) is 26.3 Å². The summed E-state index contributed by atoms with van der Waals surface area (Å²) in [6, 6.07) is 0. The molecule has 0 rings (SSSR count). The van der Waals surface area contributed by atoms with E-state index in [2.05, 4.69) is 10.1 Å². The topological polar surface area (TPSA) is 64.4 Å². The first-order valence-electron chi connectivity index (χ1n) is 5.99. The molecule has 4 nitrogen and oxygen atoms in total. The number of halogens is 2. The van der Waals surface area contributed by atoms with Gasteiger partial charge in [0.2, 0.25) is 5.91 Å². The van der Waals surface area contributed by atoms with Gasteiger partial charge in [0.1, 0.15) is 6.61 Å². The number of carbonyl (C=O) groups excluding carboxylic acids is 1. The average molecular weight is 252 g/mol. The van der Waals surface area contributed by atoms with Gasteiger partial charge < -0.3 is 15.8 Å². The Kier molecular flexibility index (Phi) is 11.2. The second kappa shape index (κ2) is 11.7. The van der Waals surface area contributed by atoms with Crippen LogP contribution >= 0.6 is 0 Å². The lowest BCUT2D eigenvalue weighted by Gasteiger charge is -2.06. The number of amides is 1. The van der Waals surface area contributed by atoms with E-state index < -0.39 is 13.0 Å². The minimum absolute atomic E-state index is 0.0570. The number of nitrogens with two attached hydrogens (primary N) is 1. The molecule has 0 saturated heterocycles. The quantitative estimate of drug-likeness (QED) is 0.545. The Bertz CT molecular complexity index is 192. The van der Waals surface area contributed by atoms with E-state index in [9.17, 15) is 13.6 Å². The fraction of sp³-hybridized carbons (Fsp3) is 0.909. The highest BCUT2D eigenvalue weighted by atomic mass is 19.3. The molecular formula is C11H22F2N2O2. The van der Waals surface area contributed by atoms with Crippen LogP contribution in [0.5, 0.6) is 0 Å². The molecule has 17 heavy (non-hydrogen) atoms. The molecule has 102 valence electrons. The van der Waals surface area contributed by atoms with E-state index in [1.165, 1.54) is 0 Å². The molecule has 0 aliphatic carbocycles. The molecule has 6 heteroatoms. The predicted octanol–water partition coefficient (Wildman–Crippen LogP) is 1.29. The Hall–Kier alpha value is -0.750. The van der Waals surface area contributed by atoms with Gasteiger partial charge in [0, 0.05) is 13.0 Å². The Morgan fingerprint density at radius 2 is 1.94 bits per heavy atom. The molecule has 0 aliphatic rings. The molecule has 0 heterocycles. The molecular weight excluding hydrogens is 230 g/mol. The van der Waals surface area contributed by atoms with Crippen LogP contribution in [0, 0.1) is 0 Å². The van der Waals surface area contributed by atoms with Crippen molar-refractivity contribution in [1.29, 1.82) is 0 Å². The summed E-state index contributed by atoms with van der Waals surface area (Å²) >= 11 is 0. The number of unbranched alkanes of at least 4 members (excludes halogenated alkanes) is 3. The minimum atomic E-state index is -2.45. The predicted molar refractivity (Wildman–Crippen MR) is 62.0 cm³/mol. The second-order valence-electron chi connectivity index (χ2n) is 3.77. The zero-order valence-electron chi connectivity index (χ0n) is 10.1. The summed E-state index contributed by atoms with van der Waals surface area (Å²) in [7, 11) is 0. The van der Waals surface area contributed by atoms with Gasteiger partial charge in [-0.25, -0.2) is 8.78 Å². The lowest BCUT2D eigenvalue weighted by atomic mass is 10.1. The van der Waals surface area contributed by atoms with Crippen molar-refractivity contribution in [3.05, 3.63) is 0 Å². The monoisotopic (exact) mass is 252 g/mol. The largest absolute Gasteiger partial charge is 0.374 e. The van der Waals surface area contributed by atoms with Gasteiger partial charge >= 0.3 is 0 Å². The lowest BCUT2D eigenvalue weighted by molar-refractivity contribution is -0.121. The standard InChI is InChI=1S/C11H22F2N2O2/c12-10(13)9-17-8-7-15-11(16)5-3-1-2-4-6-14/h10H,1-9,14H2,(H,15,16). The third-order valence-corrected chi connectivity index (χ3v) is 2.17. The van der Waals surface area contributed by atoms with Crippen LogP contribution in [0.1, 0.15) is 32.1 Å². The molecule has 0 spiro atoms. The van der Waals surface area contributed by atoms with Crippen LogP contribution in [0.3, 0.4) is 0 Å². The summed E-state index contributed by atoms with van der Waals surface area (Å²) in [5.41, 5.74) is 5.34. The first kappa shape index (κ1) is 16.2. The number of rotatable bonds is 11. The lowest BCUT2D eigenvalue weighted by Crippen LogP contribution is -2.27. The molecule has 0 radical (unpaired) electrons. The molecule has 0 fully saturated rings. The fourth-order valence-electron chi connectivity index (χ4n) is 1.31. The number of hydrogen-bond acceptors (Lipinski definition) is 3. The highest BCUT2D eigenvalue weighted by molar-refractivity contribution is 5.75. The molecule has 0 aromatic heterocycles. The van der Waals surface area contributed by atoms with Gasteiger partial charge in [-0.2, -0.15) is 0 Å². The summed E-state index contributed by atoms with van der Waals surface area (Å²) in [5.74, 6) is -0.0570. The van der Waals surface area contributed by atoms with Gasteiger partial charge in [-0.3, -0.25) is 4.79 Å². The summed E-state index contributed by atoms with van der Waals surface area (Å²) in [5, 5.41) is 2.61. The Morgan fingerprint density at radius 1 is 1.24 bits per heavy atom. The Morgan fingerprint density at radius 3 is 2.59 bits per heavy atom. The van der Waals surface area contributed by atoms with Crippen molar-refractivity contribution >= 4 is 5.91 Å². The van der Waals surface area contributed by atoms with Crippen LogP contribution in [0.4, 0.5) is 8.78 Å². The highest BCUT2D eigenvalue weighted by Crippen LogP contribution is 2.01. The van der Waals surface area contributed by atoms with E-state index in [-0.39, 0.29) is 19.1 Å². The van der Waals surface area contributed by atoms with E-state index in [0.717, 1.165) is 25.7 Å². The Labute approximate surface area is 101 Å². The Balaban J connectivity index is 3.18. The minimum Gasteiger partial charge on any atom is -0.374 e. The summed E-state index contributed by atoms with van der Waals surface area (Å²) in [4.78, 5) is 11.2. The number of carbonyl (C=O) groups is 1. The molecule has 0 unspecified atom stereocenters. The highest BCUT2D eigenvalue weighted by Gasteiger charge is 2.02. The zero-order valence-corrected chi connectivity index (χ0v) is 10.1. The van der Waals surface area contributed by atoms with Crippen molar-refractivity contribution in [3.63, 3.8) is 0 Å². The maximum atomic E-state index is 11.7. The molecule has 0 bridgehead atoms. The molecule has 0 aromatic rings. The van der Waals surface area contributed by atoms with Crippen LogP contribution in [-0.4, -0.2) is 38.6 Å². The van der Waals surface area contributed by atoms with Gasteiger partial charge in [-0.15, -0.1) is 0 Å². The van der Waals surface area contributed by atoms with E-state index in [1.54, 1.807) is 0 Å². The van der Waals surface area contributed by atoms with Crippen molar-refractivity contribution < 1.29 is 18.3 Å². The van der Waals surface area contributed by atoms with E-state index in [1.807, 2.05) is 0 Å². The van der Waals surface area contributed by atoms with Gasteiger partial charge in [0.05, 0.1) is 6.61 Å². The summed E-state index contributed by atoms with van der Waals surface area (Å²) < 4.78 is 28.0. The molecule has 1 amide bonds. The molecule has 0 saturated carbocycles. The second-order valence-corrected chi connectivity index (χ2v) is 3.77. The first-order chi connectivity index (χ1) is 8.16. The van der Waals surface area contributed by atoms with Crippen molar-refractivity contribution in [2.45, 2.75) is 38.5 Å². The molecule has 0 atom stereocenters. The zero-order chi connectivity index (χ0) is 12.9. The van der Waals surface area contributed by atoms with Crippen molar-refractivity contribution in [3.8, 4) is 0 Å². The number of nitrogens with one attached hydrogen (secondary N) is 1. The van der Waals surface area contributed by atoms with Gasteiger partial charge in [-0.1, -0.05) is 12.8 Å². The fourth-order valence-corrected chi connectivity index (χ4v) is 1.31. The van der Waals surface area contributed by atoms with E-state index in [0.29, 0.717) is 13.0 Å². The third-order valence-electron chi connectivity index (χ3n) is 2.17. The van der Waals surface area contributed by atoms with Crippen LogP contribution < -0.4 is 11.1 Å². The van der Waals surface area contributed by atoms with E-state index in [4.69, 9.17) is 5.73 Å². The smallest absolute Gasteiger partial charge is 0.261 e. The van der Waals surface area contributed by atoms with Gasteiger partial charge in [0.15, 0.2) is 0 Å². The van der Waals surface area contributed by atoms with Crippen molar-refractivity contribution in [2.24, 2.45) is 5.73 Å². The van der Waals surface area contributed by atoms with Gasteiger partial charge in [-0.05, 0) is 19.4 Å². The average Bonchev–Trinajstić information content (AvgIpc) is 2.28. The van der Waals surface area contributed by atoms with Crippen LogP contribution in [0.25, 0.3) is 0 Å². The summed E-state index contributed by atoms with van der Waals surface area (Å²) in [6.45, 7) is 0.528. The van der Waals surface area contributed by atoms with Crippen LogP contribution in [0.2, 0.25) is 0 Å². The van der Waals surface area contributed by atoms with Crippen molar-refractivity contribution in [1.82, 2.24) is 5.32 Å². The summed E-state index contributed by atoms with van der Waals surface area (Å²) in [6.07, 6.45) is 1.88. The maximum Gasteiger partial charge on any atom is 0.261 e. The molecule has 3 N–H and O–H groups in total. The number of ether oxygens (including phenoxy) is 1. The SMILES string of the molecule is NCCCCCCC(=O)NCCOCC(F)F. The van der Waals surface area contributed by atoms with Crippen LogP contribution in [0.15, 0.2) is 0 Å². The van der Waals surface area contributed by atoms with E-state index >= 15 is 0 Å². The van der Waals surface area contributed by atoms with Gasteiger partial charge in [0.25, 0.3) is 6.43 Å². The molecule has 0 aliphatic heterocycles. The number of hydrogen-bond donors (Lipinski definition) is 2. The van der Waals surface area contributed by atoms with Crippen LogP contribution in [-0.2, 0) is 9.53 Å². The third kappa shape index (κ3) is 13.2.